The maximum atomic E-state index is 12.1. The maximum Gasteiger partial charge on any atom is 0.313 e. The predicted molar refractivity (Wildman–Crippen MR) is 88.1 cm³/mol. The summed E-state index contributed by atoms with van der Waals surface area (Å²) < 4.78 is 5.10. The molecule has 1 amide bonds. The lowest BCUT2D eigenvalue weighted by molar-refractivity contribution is -0.384. The molecular weight excluding hydrogens is 314 g/mol. The number of rotatable bonds is 5. The zero-order chi connectivity index (χ0) is 17.9. The van der Waals surface area contributed by atoms with E-state index in [2.05, 4.69) is 5.32 Å². The minimum atomic E-state index is -0.691. The standard InChI is InChI=1S/C16H21N3O5/c1-4-24-15(21)16(2)7-8-18(10-16)12-6-5-11(14(20)17-3)9-13(12)19(22)23/h5-6,9H,4,7-8,10H2,1-3H3,(H,17,20). The van der Waals surface area contributed by atoms with E-state index in [1.54, 1.807) is 30.9 Å². The highest BCUT2D eigenvalue weighted by atomic mass is 16.6. The van der Waals surface area contributed by atoms with Crippen LogP contribution in [0.25, 0.3) is 0 Å². The lowest BCUT2D eigenvalue weighted by Crippen LogP contribution is -2.33. The summed E-state index contributed by atoms with van der Waals surface area (Å²) in [6.07, 6.45) is 0.556. The molecule has 0 radical (unpaired) electrons. The zero-order valence-corrected chi connectivity index (χ0v) is 14.0. The van der Waals surface area contributed by atoms with Gasteiger partial charge in [0.1, 0.15) is 5.69 Å². The summed E-state index contributed by atoms with van der Waals surface area (Å²) in [5, 5.41) is 13.8. The number of nitro groups is 1. The Morgan fingerprint density at radius 2 is 2.17 bits per heavy atom. The number of benzene rings is 1. The van der Waals surface area contributed by atoms with Gasteiger partial charge < -0.3 is 15.0 Å². The maximum absolute atomic E-state index is 12.1. The molecule has 8 heteroatoms. The third kappa shape index (κ3) is 3.32. The molecule has 0 aromatic heterocycles. The van der Waals surface area contributed by atoms with Crippen LogP contribution in [-0.2, 0) is 9.53 Å². The van der Waals surface area contributed by atoms with Crippen molar-refractivity contribution in [2.24, 2.45) is 5.41 Å². The fourth-order valence-corrected chi connectivity index (χ4v) is 2.86. The van der Waals surface area contributed by atoms with E-state index >= 15 is 0 Å². The Balaban J connectivity index is 2.31. The molecule has 1 atom stereocenters. The van der Waals surface area contributed by atoms with E-state index in [1.165, 1.54) is 13.1 Å². The second-order valence-electron chi connectivity index (χ2n) is 5.99. The van der Waals surface area contributed by atoms with Gasteiger partial charge in [-0.25, -0.2) is 0 Å². The van der Waals surface area contributed by atoms with Crippen LogP contribution in [0.15, 0.2) is 18.2 Å². The van der Waals surface area contributed by atoms with Gasteiger partial charge in [0.25, 0.3) is 11.6 Å². The van der Waals surface area contributed by atoms with Crippen LogP contribution in [0, 0.1) is 15.5 Å². The van der Waals surface area contributed by atoms with Gasteiger partial charge in [0.05, 0.1) is 16.9 Å². The zero-order valence-electron chi connectivity index (χ0n) is 14.0. The number of esters is 1. The van der Waals surface area contributed by atoms with Crippen LogP contribution in [0.5, 0.6) is 0 Å². The van der Waals surface area contributed by atoms with Crippen molar-refractivity contribution < 1.29 is 19.2 Å². The fourth-order valence-electron chi connectivity index (χ4n) is 2.86. The summed E-state index contributed by atoms with van der Waals surface area (Å²) >= 11 is 0. The van der Waals surface area contributed by atoms with E-state index in [0.717, 1.165) is 0 Å². The van der Waals surface area contributed by atoms with Gasteiger partial charge in [0, 0.05) is 31.8 Å². The number of nitrogens with zero attached hydrogens (tertiary/aromatic N) is 2. The van der Waals surface area contributed by atoms with Gasteiger partial charge in [0.2, 0.25) is 0 Å². The molecule has 1 aromatic rings. The fraction of sp³-hybridized carbons (Fsp3) is 0.500. The number of ether oxygens (including phenoxy) is 1. The SMILES string of the molecule is CCOC(=O)C1(C)CCN(c2ccc(C(=O)NC)cc2[N+](=O)[O-])C1. The Kier molecular flexibility index (Phi) is 5.06. The average molecular weight is 335 g/mol. The molecule has 0 saturated carbocycles. The first-order valence-corrected chi connectivity index (χ1v) is 7.75. The number of nitro benzene ring substituents is 1. The van der Waals surface area contributed by atoms with Crippen molar-refractivity contribution in [3.05, 3.63) is 33.9 Å². The Labute approximate surface area is 139 Å². The van der Waals surface area contributed by atoms with Gasteiger partial charge in [-0.15, -0.1) is 0 Å². The molecule has 1 saturated heterocycles. The summed E-state index contributed by atoms with van der Waals surface area (Å²) in [4.78, 5) is 36.5. The van der Waals surface area contributed by atoms with E-state index in [4.69, 9.17) is 4.74 Å². The minimum Gasteiger partial charge on any atom is -0.466 e. The summed E-state index contributed by atoms with van der Waals surface area (Å²) in [6.45, 7) is 4.70. The number of carbonyl (C=O) groups is 2. The third-order valence-corrected chi connectivity index (χ3v) is 4.24. The molecule has 8 nitrogen and oxygen atoms in total. The lowest BCUT2D eigenvalue weighted by atomic mass is 9.90. The van der Waals surface area contributed by atoms with E-state index < -0.39 is 10.3 Å². The number of hydrogen-bond donors (Lipinski definition) is 1. The summed E-state index contributed by atoms with van der Waals surface area (Å²) in [7, 11) is 1.47. The van der Waals surface area contributed by atoms with Crippen LogP contribution in [0.2, 0.25) is 0 Å². The second-order valence-corrected chi connectivity index (χ2v) is 5.99. The molecule has 1 unspecified atom stereocenters. The normalized spacial score (nSPS) is 19.9. The van der Waals surface area contributed by atoms with Gasteiger partial charge in [-0.3, -0.25) is 19.7 Å². The molecular formula is C16H21N3O5. The molecule has 1 heterocycles. The minimum absolute atomic E-state index is 0.149. The monoisotopic (exact) mass is 335 g/mol. The number of hydrogen-bond acceptors (Lipinski definition) is 6. The highest BCUT2D eigenvalue weighted by Crippen LogP contribution is 2.38. The molecule has 2 rings (SSSR count). The van der Waals surface area contributed by atoms with Crippen LogP contribution >= 0.6 is 0 Å². The smallest absolute Gasteiger partial charge is 0.313 e. The third-order valence-electron chi connectivity index (χ3n) is 4.24. The first-order chi connectivity index (χ1) is 11.3. The molecule has 1 N–H and O–H groups in total. The average Bonchev–Trinajstić information content (AvgIpc) is 2.97. The van der Waals surface area contributed by atoms with E-state index in [0.29, 0.717) is 31.8 Å². The van der Waals surface area contributed by atoms with Crippen LogP contribution in [-0.4, -0.2) is 43.5 Å². The van der Waals surface area contributed by atoms with Crippen LogP contribution in [0.3, 0.4) is 0 Å². The van der Waals surface area contributed by atoms with Crippen LogP contribution in [0.4, 0.5) is 11.4 Å². The second kappa shape index (κ2) is 6.86. The highest BCUT2D eigenvalue weighted by Gasteiger charge is 2.43. The molecule has 0 bridgehead atoms. The number of nitrogens with one attached hydrogen (secondary N) is 1. The summed E-state index contributed by atoms with van der Waals surface area (Å²) in [5.74, 6) is -0.681. The number of amides is 1. The van der Waals surface area contributed by atoms with Gasteiger partial charge in [-0.05, 0) is 32.4 Å². The summed E-state index contributed by atoms with van der Waals surface area (Å²) in [5.41, 5.74) is -0.214. The van der Waals surface area contributed by atoms with Crippen molar-refractivity contribution in [3.63, 3.8) is 0 Å². The lowest BCUT2D eigenvalue weighted by Gasteiger charge is -2.23. The molecule has 1 aromatic carbocycles. The Bertz CT molecular complexity index is 676. The van der Waals surface area contributed by atoms with Crippen molar-refractivity contribution in [2.75, 3.05) is 31.6 Å². The van der Waals surface area contributed by atoms with Gasteiger partial charge >= 0.3 is 5.97 Å². The van der Waals surface area contributed by atoms with Crippen LogP contribution < -0.4 is 10.2 Å². The largest absolute Gasteiger partial charge is 0.466 e. The Hall–Kier alpha value is -2.64. The summed E-state index contributed by atoms with van der Waals surface area (Å²) in [6, 6.07) is 4.36. The van der Waals surface area contributed by atoms with E-state index in [-0.39, 0.29) is 23.1 Å². The Morgan fingerprint density at radius 3 is 2.75 bits per heavy atom. The van der Waals surface area contributed by atoms with Gasteiger partial charge in [0.15, 0.2) is 0 Å². The molecule has 1 aliphatic rings. The van der Waals surface area contributed by atoms with Gasteiger partial charge in [-0.1, -0.05) is 0 Å². The number of carbonyl (C=O) groups excluding carboxylic acids is 2. The van der Waals surface area contributed by atoms with Crippen molar-refractivity contribution in [1.29, 1.82) is 0 Å². The van der Waals surface area contributed by atoms with E-state index in [9.17, 15) is 19.7 Å². The van der Waals surface area contributed by atoms with Crippen molar-refractivity contribution in [1.82, 2.24) is 5.32 Å². The van der Waals surface area contributed by atoms with Crippen molar-refractivity contribution in [3.8, 4) is 0 Å². The predicted octanol–water partition coefficient (Wildman–Crippen LogP) is 1.73. The van der Waals surface area contributed by atoms with E-state index in [1.807, 2.05) is 0 Å². The quantitative estimate of drug-likeness (QED) is 0.499. The topological polar surface area (TPSA) is 102 Å². The molecule has 0 spiro atoms. The van der Waals surface area contributed by atoms with Gasteiger partial charge in [-0.2, -0.15) is 0 Å². The first kappa shape index (κ1) is 17.7. The van der Waals surface area contributed by atoms with Crippen molar-refractivity contribution in [2.45, 2.75) is 20.3 Å². The molecule has 1 fully saturated rings. The molecule has 24 heavy (non-hydrogen) atoms. The highest BCUT2D eigenvalue weighted by molar-refractivity contribution is 5.95. The molecule has 0 aliphatic carbocycles. The van der Waals surface area contributed by atoms with Crippen LogP contribution in [0.1, 0.15) is 30.6 Å². The molecule has 130 valence electrons. The first-order valence-electron chi connectivity index (χ1n) is 7.75. The van der Waals surface area contributed by atoms with Crippen molar-refractivity contribution >= 4 is 23.3 Å². The Morgan fingerprint density at radius 1 is 1.46 bits per heavy atom. The number of anilines is 1. The molecule has 1 aliphatic heterocycles.